The molecule has 3 rings (SSSR count). The number of pyridine rings is 1. The first-order valence-electron chi connectivity index (χ1n) is 5.10. The van der Waals surface area contributed by atoms with Crippen molar-refractivity contribution in [3.63, 3.8) is 0 Å². The van der Waals surface area contributed by atoms with Crippen molar-refractivity contribution in [1.82, 2.24) is 9.97 Å². The molecule has 0 aromatic carbocycles. The van der Waals surface area contributed by atoms with Crippen LogP contribution in [0.3, 0.4) is 0 Å². The van der Waals surface area contributed by atoms with Gasteiger partial charge in [-0.05, 0) is 12.1 Å². The summed E-state index contributed by atoms with van der Waals surface area (Å²) < 4.78 is 0. The summed E-state index contributed by atoms with van der Waals surface area (Å²) in [6.45, 7) is 1.89. The molecule has 3 nitrogen and oxygen atoms in total. The van der Waals surface area contributed by atoms with Gasteiger partial charge >= 0.3 is 0 Å². The van der Waals surface area contributed by atoms with Crippen LogP contribution >= 0.6 is 22.9 Å². The first-order valence-corrected chi connectivity index (χ1v) is 6.36. The molecule has 1 aliphatic heterocycles. The zero-order valence-electron chi connectivity index (χ0n) is 8.56. The summed E-state index contributed by atoms with van der Waals surface area (Å²) in [6.07, 6.45) is 2.70. The van der Waals surface area contributed by atoms with Crippen molar-refractivity contribution in [2.75, 3.05) is 11.4 Å². The topological polar surface area (TPSA) is 29.0 Å². The monoisotopic (exact) mass is 251 g/mol. The average molecular weight is 252 g/mol. The molecule has 0 bridgehead atoms. The number of halogens is 1. The van der Waals surface area contributed by atoms with Gasteiger partial charge in [0.05, 0.1) is 22.8 Å². The van der Waals surface area contributed by atoms with Gasteiger partial charge in [0, 0.05) is 24.0 Å². The number of hydrogen-bond acceptors (Lipinski definition) is 4. The second-order valence-corrected chi connectivity index (χ2v) is 5.10. The van der Waals surface area contributed by atoms with Crippen LogP contribution in [0.5, 0.6) is 0 Å². The molecule has 0 saturated carbocycles. The molecule has 0 spiro atoms. The molecule has 82 valence electrons. The fraction of sp³-hybridized carbons (Fsp3) is 0.273. The van der Waals surface area contributed by atoms with Crippen molar-refractivity contribution < 1.29 is 0 Å². The summed E-state index contributed by atoms with van der Waals surface area (Å²) in [5.74, 6) is 0.989. The molecule has 0 saturated heterocycles. The van der Waals surface area contributed by atoms with Gasteiger partial charge in [0.2, 0.25) is 0 Å². The Morgan fingerprint density at radius 1 is 1.31 bits per heavy atom. The molecule has 2 aromatic rings. The quantitative estimate of drug-likeness (QED) is 0.781. The Bertz CT molecular complexity index is 494. The van der Waals surface area contributed by atoms with Crippen molar-refractivity contribution in [1.29, 1.82) is 0 Å². The minimum absolute atomic E-state index is 0.680. The van der Waals surface area contributed by atoms with Gasteiger partial charge in [-0.15, -0.1) is 11.3 Å². The fourth-order valence-electron chi connectivity index (χ4n) is 1.87. The molecule has 16 heavy (non-hydrogen) atoms. The van der Waals surface area contributed by atoms with Crippen LogP contribution < -0.4 is 4.90 Å². The lowest BCUT2D eigenvalue weighted by Gasteiger charge is -2.27. The third kappa shape index (κ3) is 1.79. The van der Waals surface area contributed by atoms with Crippen LogP contribution in [0.15, 0.2) is 23.8 Å². The molecule has 0 N–H and O–H groups in total. The van der Waals surface area contributed by atoms with Gasteiger partial charge < -0.3 is 4.90 Å². The number of anilines is 1. The Labute approximate surface area is 103 Å². The third-order valence-corrected chi connectivity index (χ3v) is 3.80. The van der Waals surface area contributed by atoms with E-state index in [-0.39, 0.29) is 0 Å². The van der Waals surface area contributed by atoms with Crippen LogP contribution in [0.2, 0.25) is 5.02 Å². The highest BCUT2D eigenvalue weighted by molar-refractivity contribution is 7.09. The molecule has 2 aromatic heterocycles. The molecule has 1 aliphatic rings. The van der Waals surface area contributed by atoms with Crippen LogP contribution in [0, 0.1) is 0 Å². The summed E-state index contributed by atoms with van der Waals surface area (Å²) in [5, 5.41) is 0.680. The molecular formula is C11H10ClN3S. The minimum atomic E-state index is 0.680. The van der Waals surface area contributed by atoms with E-state index in [0.717, 1.165) is 25.3 Å². The lowest BCUT2D eigenvalue weighted by atomic mass is 10.2. The summed E-state index contributed by atoms with van der Waals surface area (Å²) in [5.41, 5.74) is 3.17. The number of aromatic nitrogens is 2. The molecule has 3 heterocycles. The lowest BCUT2D eigenvalue weighted by Crippen LogP contribution is -2.30. The van der Waals surface area contributed by atoms with Crippen LogP contribution in [0.4, 0.5) is 5.82 Å². The van der Waals surface area contributed by atoms with Crippen LogP contribution in [0.25, 0.3) is 0 Å². The highest BCUT2D eigenvalue weighted by Gasteiger charge is 2.19. The van der Waals surface area contributed by atoms with Crippen molar-refractivity contribution in [2.45, 2.75) is 13.0 Å². The Morgan fingerprint density at radius 2 is 2.25 bits per heavy atom. The second-order valence-electron chi connectivity index (χ2n) is 3.73. The summed E-state index contributed by atoms with van der Waals surface area (Å²) in [4.78, 5) is 12.3. The van der Waals surface area contributed by atoms with E-state index in [0.29, 0.717) is 5.02 Å². The fourth-order valence-corrected chi connectivity index (χ4v) is 2.81. The Hall–Kier alpha value is -1.13. The van der Waals surface area contributed by atoms with E-state index in [2.05, 4.69) is 14.9 Å². The molecule has 0 fully saturated rings. The maximum Gasteiger partial charge on any atom is 0.128 e. The molecule has 0 unspecified atom stereocenters. The van der Waals surface area contributed by atoms with Gasteiger partial charge in [-0.1, -0.05) is 11.6 Å². The third-order valence-electron chi connectivity index (χ3n) is 2.71. The number of rotatable bonds is 1. The number of nitrogens with zero attached hydrogens (tertiary/aromatic N) is 3. The van der Waals surface area contributed by atoms with Crippen molar-refractivity contribution in [3.05, 3.63) is 39.4 Å². The summed E-state index contributed by atoms with van der Waals surface area (Å²) in [7, 11) is 0. The van der Waals surface area contributed by atoms with E-state index < -0.39 is 0 Å². The normalized spacial score (nSPS) is 14.9. The molecule has 0 amide bonds. The van der Waals surface area contributed by atoms with E-state index in [1.807, 2.05) is 17.6 Å². The number of hydrogen-bond donors (Lipinski definition) is 0. The molecule has 0 radical (unpaired) electrons. The van der Waals surface area contributed by atoms with Gasteiger partial charge in [-0.3, -0.25) is 0 Å². The smallest absolute Gasteiger partial charge is 0.128 e. The predicted octanol–water partition coefficient (Wildman–Crippen LogP) is 2.75. The van der Waals surface area contributed by atoms with E-state index in [9.17, 15) is 0 Å². The predicted molar refractivity (Wildman–Crippen MR) is 66.1 cm³/mol. The van der Waals surface area contributed by atoms with Crippen molar-refractivity contribution in [2.24, 2.45) is 0 Å². The van der Waals surface area contributed by atoms with Gasteiger partial charge in [0.1, 0.15) is 5.82 Å². The highest BCUT2D eigenvalue weighted by Crippen LogP contribution is 2.25. The first-order chi connectivity index (χ1) is 7.83. The second kappa shape index (κ2) is 4.03. The van der Waals surface area contributed by atoms with Gasteiger partial charge in [0.15, 0.2) is 0 Å². The maximum absolute atomic E-state index is 5.83. The maximum atomic E-state index is 5.83. The van der Waals surface area contributed by atoms with Gasteiger partial charge in [0.25, 0.3) is 0 Å². The molecular weight excluding hydrogens is 242 g/mol. The zero-order valence-corrected chi connectivity index (χ0v) is 10.1. The lowest BCUT2D eigenvalue weighted by molar-refractivity contribution is 0.719. The highest BCUT2D eigenvalue weighted by atomic mass is 35.5. The first kappa shape index (κ1) is 10.1. The van der Waals surface area contributed by atoms with Crippen LogP contribution in [-0.2, 0) is 13.0 Å². The van der Waals surface area contributed by atoms with E-state index in [1.165, 1.54) is 10.6 Å². The molecule has 0 atom stereocenters. The van der Waals surface area contributed by atoms with Crippen LogP contribution in [-0.4, -0.2) is 16.5 Å². The number of fused-ring (bicyclic) bond motifs is 1. The standard InChI is InChI=1S/C11H10ClN3S/c12-8-1-2-11(13-5-8)15-4-3-9-10(6-15)16-7-14-9/h1-2,5,7H,3-4,6H2. The average Bonchev–Trinajstić information content (AvgIpc) is 2.77. The van der Waals surface area contributed by atoms with Crippen LogP contribution in [0.1, 0.15) is 10.6 Å². The Kier molecular flexibility index (Phi) is 2.53. The van der Waals surface area contributed by atoms with E-state index >= 15 is 0 Å². The molecule has 5 heteroatoms. The van der Waals surface area contributed by atoms with E-state index in [4.69, 9.17) is 11.6 Å². The largest absolute Gasteiger partial charge is 0.351 e. The van der Waals surface area contributed by atoms with Crippen molar-refractivity contribution >= 4 is 28.8 Å². The zero-order chi connectivity index (χ0) is 11.0. The number of thiazole rings is 1. The van der Waals surface area contributed by atoms with E-state index in [1.54, 1.807) is 17.5 Å². The Balaban J connectivity index is 1.86. The molecule has 0 aliphatic carbocycles. The van der Waals surface area contributed by atoms with Gasteiger partial charge in [-0.25, -0.2) is 9.97 Å². The van der Waals surface area contributed by atoms with Gasteiger partial charge in [-0.2, -0.15) is 0 Å². The van der Waals surface area contributed by atoms with Crippen molar-refractivity contribution in [3.8, 4) is 0 Å². The minimum Gasteiger partial charge on any atom is -0.351 e. The summed E-state index contributed by atoms with van der Waals surface area (Å²) in [6, 6.07) is 3.85. The summed E-state index contributed by atoms with van der Waals surface area (Å²) >= 11 is 7.55. The SMILES string of the molecule is Clc1ccc(N2CCc3ncsc3C2)nc1. The Morgan fingerprint density at radius 3 is 3.06 bits per heavy atom.